The number of nitrogens with zero attached hydrogens (tertiary/aromatic N) is 1. The Labute approximate surface area is 113 Å². The number of hydrogen-bond acceptors (Lipinski definition) is 2. The predicted octanol–water partition coefficient (Wildman–Crippen LogP) is 2.24. The van der Waals surface area contributed by atoms with E-state index in [0.29, 0.717) is 18.2 Å². The van der Waals surface area contributed by atoms with Crippen molar-refractivity contribution in [2.75, 3.05) is 20.1 Å². The molecule has 0 fully saturated rings. The van der Waals surface area contributed by atoms with Crippen molar-refractivity contribution in [3.63, 3.8) is 0 Å². The van der Waals surface area contributed by atoms with Crippen molar-refractivity contribution in [1.29, 1.82) is 0 Å². The molecule has 0 aliphatic carbocycles. The lowest BCUT2D eigenvalue weighted by molar-refractivity contribution is 0.0948. The van der Waals surface area contributed by atoms with E-state index in [2.05, 4.69) is 36.1 Å². The molecule has 4 nitrogen and oxygen atoms in total. The average molecular weight is 259 g/mol. The zero-order valence-electron chi connectivity index (χ0n) is 11.7. The molecule has 0 bridgehead atoms. The highest BCUT2D eigenvalue weighted by Crippen LogP contribution is 2.13. The molecular formula is C15H21N3O. The number of carbonyl (C=O) groups is 1. The van der Waals surface area contributed by atoms with E-state index >= 15 is 0 Å². The Balaban J connectivity index is 1.92. The van der Waals surface area contributed by atoms with Gasteiger partial charge in [-0.05, 0) is 44.5 Å². The van der Waals surface area contributed by atoms with Crippen LogP contribution in [0, 0.1) is 0 Å². The molecule has 2 aromatic rings. The minimum Gasteiger partial charge on any atom is -0.361 e. The maximum atomic E-state index is 12.0. The first-order chi connectivity index (χ1) is 9.08. The van der Waals surface area contributed by atoms with E-state index in [-0.39, 0.29) is 5.91 Å². The molecule has 1 aromatic carbocycles. The van der Waals surface area contributed by atoms with Crippen LogP contribution in [0.3, 0.4) is 0 Å². The van der Waals surface area contributed by atoms with Crippen LogP contribution in [0.4, 0.5) is 0 Å². The van der Waals surface area contributed by atoms with Gasteiger partial charge in [0, 0.05) is 36.4 Å². The number of likely N-dealkylation sites (N-methyl/N-ethyl adjacent to an activating group) is 1. The molecule has 1 heterocycles. The number of benzene rings is 1. The first kappa shape index (κ1) is 13.6. The molecule has 4 heteroatoms. The first-order valence-corrected chi connectivity index (χ1v) is 6.63. The molecule has 0 spiro atoms. The van der Waals surface area contributed by atoms with Gasteiger partial charge in [-0.1, -0.05) is 6.07 Å². The fourth-order valence-electron chi connectivity index (χ4n) is 1.90. The normalized spacial score (nSPS) is 11.4. The topological polar surface area (TPSA) is 48.1 Å². The van der Waals surface area contributed by atoms with E-state index in [1.165, 1.54) is 0 Å². The molecule has 1 amide bonds. The highest BCUT2D eigenvalue weighted by Gasteiger charge is 2.07. The van der Waals surface area contributed by atoms with Crippen molar-refractivity contribution in [2.24, 2.45) is 0 Å². The van der Waals surface area contributed by atoms with Gasteiger partial charge < -0.3 is 15.2 Å². The van der Waals surface area contributed by atoms with Gasteiger partial charge in [0.05, 0.1) is 0 Å². The lowest BCUT2D eigenvalue weighted by Crippen LogP contribution is -2.36. The molecule has 0 saturated carbocycles. The van der Waals surface area contributed by atoms with E-state index in [0.717, 1.165) is 17.4 Å². The third-order valence-electron chi connectivity index (χ3n) is 3.45. The fourth-order valence-corrected chi connectivity index (χ4v) is 1.90. The summed E-state index contributed by atoms with van der Waals surface area (Å²) in [5.74, 6) is -0.0198. The van der Waals surface area contributed by atoms with Gasteiger partial charge in [-0.2, -0.15) is 0 Å². The Kier molecular flexibility index (Phi) is 4.22. The van der Waals surface area contributed by atoms with Crippen LogP contribution in [0.5, 0.6) is 0 Å². The smallest absolute Gasteiger partial charge is 0.251 e. The summed E-state index contributed by atoms with van der Waals surface area (Å²) >= 11 is 0. The monoisotopic (exact) mass is 259 g/mol. The largest absolute Gasteiger partial charge is 0.361 e. The van der Waals surface area contributed by atoms with Crippen LogP contribution in [-0.4, -0.2) is 42.0 Å². The van der Waals surface area contributed by atoms with Crippen molar-refractivity contribution in [3.05, 3.63) is 36.0 Å². The summed E-state index contributed by atoms with van der Waals surface area (Å²) in [7, 11) is 2.06. The molecule has 0 unspecified atom stereocenters. The predicted molar refractivity (Wildman–Crippen MR) is 78.4 cm³/mol. The summed E-state index contributed by atoms with van der Waals surface area (Å²) in [6.45, 7) is 5.80. The molecule has 0 atom stereocenters. The zero-order valence-corrected chi connectivity index (χ0v) is 11.7. The molecule has 0 radical (unpaired) electrons. The fraction of sp³-hybridized carbons (Fsp3) is 0.400. The molecule has 0 saturated heterocycles. The number of carbonyl (C=O) groups excluding carboxylic acids is 1. The van der Waals surface area contributed by atoms with E-state index in [4.69, 9.17) is 0 Å². The Hall–Kier alpha value is -1.81. The van der Waals surface area contributed by atoms with Gasteiger partial charge in [-0.3, -0.25) is 4.79 Å². The van der Waals surface area contributed by atoms with Gasteiger partial charge in [0.2, 0.25) is 0 Å². The molecule has 0 aliphatic heterocycles. The number of hydrogen-bond donors (Lipinski definition) is 2. The minimum absolute atomic E-state index is 0.0198. The highest BCUT2D eigenvalue weighted by molar-refractivity contribution is 5.97. The van der Waals surface area contributed by atoms with Crippen molar-refractivity contribution in [2.45, 2.75) is 19.9 Å². The van der Waals surface area contributed by atoms with Gasteiger partial charge in [-0.25, -0.2) is 0 Å². The van der Waals surface area contributed by atoms with Crippen LogP contribution >= 0.6 is 0 Å². The molecule has 1 aromatic heterocycles. The number of aromatic nitrogens is 1. The van der Waals surface area contributed by atoms with Crippen molar-refractivity contribution < 1.29 is 4.79 Å². The van der Waals surface area contributed by atoms with Crippen LogP contribution in [0.1, 0.15) is 24.2 Å². The molecule has 0 aliphatic rings. The number of fused-ring (bicyclic) bond motifs is 1. The second-order valence-corrected chi connectivity index (χ2v) is 5.11. The lowest BCUT2D eigenvalue weighted by atomic mass is 10.1. The Morgan fingerprint density at radius 1 is 1.37 bits per heavy atom. The lowest BCUT2D eigenvalue weighted by Gasteiger charge is -2.20. The number of nitrogens with one attached hydrogen (secondary N) is 2. The SMILES string of the molecule is CC(C)N(C)CCNC(=O)c1ccc2cc[nH]c2c1. The second kappa shape index (κ2) is 5.89. The quantitative estimate of drug-likeness (QED) is 0.865. The van der Waals surface area contributed by atoms with E-state index in [1.54, 1.807) is 0 Å². The summed E-state index contributed by atoms with van der Waals surface area (Å²) < 4.78 is 0. The van der Waals surface area contributed by atoms with Gasteiger partial charge >= 0.3 is 0 Å². The van der Waals surface area contributed by atoms with Gasteiger partial charge in [0.25, 0.3) is 5.91 Å². The van der Waals surface area contributed by atoms with Gasteiger partial charge in [0.15, 0.2) is 0 Å². The third kappa shape index (κ3) is 3.35. The van der Waals surface area contributed by atoms with E-state index in [9.17, 15) is 4.79 Å². The first-order valence-electron chi connectivity index (χ1n) is 6.63. The van der Waals surface area contributed by atoms with Crippen molar-refractivity contribution >= 4 is 16.8 Å². The maximum Gasteiger partial charge on any atom is 0.251 e. The molecule has 102 valence electrons. The van der Waals surface area contributed by atoms with Gasteiger partial charge in [0.1, 0.15) is 0 Å². The molecule has 2 N–H and O–H groups in total. The number of aromatic amines is 1. The standard InChI is InChI=1S/C15H21N3O/c1-11(2)18(3)9-8-17-15(19)13-5-4-12-6-7-16-14(12)10-13/h4-7,10-11,16H,8-9H2,1-3H3,(H,17,19). The molecular weight excluding hydrogens is 238 g/mol. The van der Waals surface area contributed by atoms with Crippen LogP contribution in [0.15, 0.2) is 30.5 Å². The minimum atomic E-state index is -0.0198. The van der Waals surface area contributed by atoms with Crippen LogP contribution in [0.25, 0.3) is 10.9 Å². The summed E-state index contributed by atoms with van der Waals surface area (Å²) in [4.78, 5) is 17.3. The summed E-state index contributed by atoms with van der Waals surface area (Å²) in [6.07, 6.45) is 1.88. The average Bonchev–Trinajstić information content (AvgIpc) is 2.85. The Morgan fingerprint density at radius 2 is 2.16 bits per heavy atom. The maximum absolute atomic E-state index is 12.0. The molecule has 2 rings (SSSR count). The van der Waals surface area contributed by atoms with E-state index < -0.39 is 0 Å². The number of amides is 1. The number of H-pyrrole nitrogens is 1. The van der Waals surface area contributed by atoms with Gasteiger partial charge in [-0.15, -0.1) is 0 Å². The summed E-state index contributed by atoms with van der Waals surface area (Å²) in [6, 6.07) is 8.19. The zero-order chi connectivity index (χ0) is 13.8. The van der Waals surface area contributed by atoms with Crippen molar-refractivity contribution in [1.82, 2.24) is 15.2 Å². The Bertz CT molecular complexity index is 559. The van der Waals surface area contributed by atoms with Crippen molar-refractivity contribution in [3.8, 4) is 0 Å². The second-order valence-electron chi connectivity index (χ2n) is 5.11. The number of rotatable bonds is 5. The van der Waals surface area contributed by atoms with Crippen LogP contribution in [0.2, 0.25) is 0 Å². The summed E-state index contributed by atoms with van der Waals surface area (Å²) in [5, 5.41) is 4.07. The Morgan fingerprint density at radius 3 is 2.89 bits per heavy atom. The van der Waals surface area contributed by atoms with Crippen LogP contribution < -0.4 is 5.32 Å². The third-order valence-corrected chi connectivity index (χ3v) is 3.45. The summed E-state index contributed by atoms with van der Waals surface area (Å²) in [5.41, 5.74) is 1.69. The van der Waals surface area contributed by atoms with E-state index in [1.807, 2.05) is 30.5 Å². The van der Waals surface area contributed by atoms with Crippen LogP contribution in [-0.2, 0) is 0 Å². The highest BCUT2D eigenvalue weighted by atomic mass is 16.1. The molecule has 19 heavy (non-hydrogen) atoms.